The summed E-state index contributed by atoms with van der Waals surface area (Å²) >= 11 is 0. The Balaban J connectivity index is 2.33. The van der Waals surface area contributed by atoms with Gasteiger partial charge in [0.2, 0.25) is 0 Å². The molecule has 1 rings (SSSR count). The zero-order chi connectivity index (χ0) is 20.9. The lowest BCUT2D eigenvalue weighted by atomic mass is 10.1. The van der Waals surface area contributed by atoms with Crippen LogP contribution in [-0.2, 0) is 9.53 Å². The van der Waals surface area contributed by atoms with Gasteiger partial charge in [0.15, 0.2) is 11.5 Å². The molecule has 28 heavy (non-hydrogen) atoms. The van der Waals surface area contributed by atoms with Gasteiger partial charge in [-0.1, -0.05) is 34.9 Å². The molecule has 0 saturated carbocycles. The van der Waals surface area contributed by atoms with Gasteiger partial charge < -0.3 is 14.9 Å². The van der Waals surface area contributed by atoms with Crippen molar-refractivity contribution in [1.82, 2.24) is 0 Å². The van der Waals surface area contributed by atoms with Gasteiger partial charge in [0.1, 0.15) is 6.61 Å². The van der Waals surface area contributed by atoms with E-state index in [1.165, 1.54) is 41.0 Å². The molecule has 0 radical (unpaired) electrons. The van der Waals surface area contributed by atoms with Crippen molar-refractivity contribution in [2.45, 2.75) is 53.4 Å². The number of esters is 1. The highest BCUT2D eigenvalue weighted by Crippen LogP contribution is 2.25. The van der Waals surface area contributed by atoms with Crippen molar-refractivity contribution in [3.8, 4) is 11.5 Å². The Kier molecular flexibility index (Phi) is 10.5. The number of carbonyl (C=O) groups is 1. The van der Waals surface area contributed by atoms with Gasteiger partial charge in [-0.15, -0.1) is 0 Å². The van der Waals surface area contributed by atoms with Crippen LogP contribution in [0.3, 0.4) is 0 Å². The number of rotatable bonds is 10. The zero-order valence-corrected chi connectivity index (χ0v) is 17.4. The Morgan fingerprint density at radius 1 is 0.929 bits per heavy atom. The molecule has 2 N–H and O–H groups in total. The van der Waals surface area contributed by atoms with Crippen LogP contribution in [-0.4, -0.2) is 22.8 Å². The third-order valence-electron chi connectivity index (χ3n) is 4.19. The molecule has 152 valence electrons. The van der Waals surface area contributed by atoms with Crippen LogP contribution >= 0.6 is 0 Å². The monoisotopic (exact) mass is 384 g/mol. The van der Waals surface area contributed by atoms with Gasteiger partial charge in [0.25, 0.3) is 0 Å². The summed E-state index contributed by atoms with van der Waals surface area (Å²) in [6.45, 7) is 8.68. The van der Waals surface area contributed by atoms with Crippen LogP contribution in [0.4, 0.5) is 0 Å². The summed E-state index contributed by atoms with van der Waals surface area (Å²) < 4.78 is 5.16. The topological polar surface area (TPSA) is 66.8 Å². The number of hydrogen-bond donors (Lipinski definition) is 2. The Bertz CT molecular complexity index is 763. The number of benzene rings is 1. The minimum atomic E-state index is -0.452. The van der Waals surface area contributed by atoms with Crippen molar-refractivity contribution in [1.29, 1.82) is 0 Å². The first-order valence-electron chi connectivity index (χ1n) is 9.59. The smallest absolute Gasteiger partial charge is 0.331 e. The number of allylic oxidation sites excluding steroid dienone is 5. The van der Waals surface area contributed by atoms with Crippen molar-refractivity contribution < 1.29 is 19.7 Å². The largest absolute Gasteiger partial charge is 0.504 e. The minimum Gasteiger partial charge on any atom is -0.504 e. The van der Waals surface area contributed by atoms with Gasteiger partial charge in [0, 0.05) is 6.08 Å². The molecule has 0 bridgehead atoms. The number of aromatic hydroxyl groups is 2. The quantitative estimate of drug-likeness (QED) is 0.222. The van der Waals surface area contributed by atoms with E-state index in [1.807, 2.05) is 13.0 Å². The Labute approximate surface area is 168 Å². The number of hydrogen-bond acceptors (Lipinski definition) is 4. The van der Waals surface area contributed by atoms with E-state index in [0.29, 0.717) is 5.56 Å². The molecule has 0 aromatic heterocycles. The Morgan fingerprint density at radius 2 is 1.57 bits per heavy atom. The SMILES string of the molecule is CC(C)=CCC/C(C)=C/CC/C(C)=C/COC(=O)/C=C/c1ccc(O)c(O)c1. The molecular weight excluding hydrogens is 352 g/mol. The maximum absolute atomic E-state index is 11.7. The molecule has 4 nitrogen and oxygen atoms in total. The summed E-state index contributed by atoms with van der Waals surface area (Å²) in [4.78, 5) is 11.7. The summed E-state index contributed by atoms with van der Waals surface area (Å²) in [6.07, 6.45) is 13.4. The average molecular weight is 385 g/mol. The fraction of sp³-hybridized carbons (Fsp3) is 0.375. The van der Waals surface area contributed by atoms with Crippen LogP contribution in [0.1, 0.15) is 58.9 Å². The molecule has 0 aliphatic heterocycles. The van der Waals surface area contributed by atoms with Crippen molar-refractivity contribution in [2.24, 2.45) is 0 Å². The molecule has 0 atom stereocenters. The molecule has 0 aliphatic carbocycles. The summed E-state index contributed by atoms with van der Waals surface area (Å²) in [5.74, 6) is -0.875. The summed E-state index contributed by atoms with van der Waals surface area (Å²) in [5, 5.41) is 18.7. The number of phenolic OH excluding ortho intramolecular Hbond substituents is 2. The lowest BCUT2D eigenvalue weighted by Crippen LogP contribution is -2.00. The first-order chi connectivity index (χ1) is 13.3. The maximum atomic E-state index is 11.7. The molecule has 4 heteroatoms. The molecule has 0 saturated heterocycles. The van der Waals surface area contributed by atoms with E-state index in [2.05, 4.69) is 32.9 Å². The molecule has 1 aromatic rings. The van der Waals surface area contributed by atoms with Crippen LogP contribution in [0.5, 0.6) is 11.5 Å². The van der Waals surface area contributed by atoms with Crippen LogP contribution in [0.2, 0.25) is 0 Å². The summed E-state index contributed by atoms with van der Waals surface area (Å²) in [7, 11) is 0. The molecule has 0 amide bonds. The fourth-order valence-electron chi connectivity index (χ4n) is 2.46. The molecule has 0 aliphatic rings. The van der Waals surface area contributed by atoms with Crippen LogP contribution in [0.15, 0.2) is 59.2 Å². The van der Waals surface area contributed by atoms with E-state index in [9.17, 15) is 15.0 Å². The highest BCUT2D eigenvalue weighted by Gasteiger charge is 2.00. The molecule has 0 unspecified atom stereocenters. The third-order valence-corrected chi connectivity index (χ3v) is 4.19. The second-order valence-electron chi connectivity index (χ2n) is 7.17. The summed E-state index contributed by atoms with van der Waals surface area (Å²) in [6, 6.07) is 4.33. The van der Waals surface area contributed by atoms with Gasteiger partial charge in [-0.25, -0.2) is 4.79 Å². The first-order valence-corrected chi connectivity index (χ1v) is 9.59. The first kappa shape index (κ1) is 23.3. The van der Waals surface area contributed by atoms with E-state index in [-0.39, 0.29) is 18.1 Å². The van der Waals surface area contributed by atoms with Gasteiger partial charge in [0.05, 0.1) is 0 Å². The van der Waals surface area contributed by atoms with Gasteiger partial charge in [-0.05, 0) is 83.2 Å². The highest BCUT2D eigenvalue weighted by molar-refractivity contribution is 5.87. The minimum absolute atomic E-state index is 0.196. The summed E-state index contributed by atoms with van der Waals surface area (Å²) in [5.41, 5.74) is 4.55. The van der Waals surface area contributed by atoms with Gasteiger partial charge in [-0.2, -0.15) is 0 Å². The molecule has 0 spiro atoms. The number of ether oxygens (including phenoxy) is 1. The van der Waals surface area contributed by atoms with E-state index in [1.54, 1.807) is 6.07 Å². The van der Waals surface area contributed by atoms with E-state index >= 15 is 0 Å². The van der Waals surface area contributed by atoms with Crippen LogP contribution in [0.25, 0.3) is 6.08 Å². The Morgan fingerprint density at radius 3 is 2.21 bits per heavy atom. The molecular formula is C24H32O4. The predicted molar refractivity (Wildman–Crippen MR) is 115 cm³/mol. The lowest BCUT2D eigenvalue weighted by molar-refractivity contribution is -0.136. The number of carbonyl (C=O) groups excluding carboxylic acids is 1. The van der Waals surface area contributed by atoms with E-state index in [4.69, 9.17) is 4.74 Å². The normalized spacial score (nSPS) is 12.3. The molecule has 1 aromatic carbocycles. The van der Waals surface area contributed by atoms with Crippen molar-refractivity contribution in [3.05, 3.63) is 64.8 Å². The van der Waals surface area contributed by atoms with Crippen molar-refractivity contribution in [2.75, 3.05) is 6.61 Å². The van der Waals surface area contributed by atoms with Crippen LogP contribution < -0.4 is 0 Å². The standard InChI is InChI=1S/C24H32O4/c1-18(2)7-5-8-19(3)9-6-10-20(4)15-16-28-24(27)14-12-21-11-13-22(25)23(26)17-21/h7,9,11-15,17,25-26H,5-6,8,10,16H2,1-4H3/b14-12+,19-9+,20-15+. The van der Waals surface area contributed by atoms with Crippen molar-refractivity contribution in [3.63, 3.8) is 0 Å². The highest BCUT2D eigenvalue weighted by atomic mass is 16.5. The molecule has 0 fully saturated rings. The predicted octanol–water partition coefficient (Wildman–Crippen LogP) is 6.07. The number of phenols is 2. The molecule has 0 heterocycles. The van der Waals surface area contributed by atoms with E-state index < -0.39 is 5.97 Å². The second-order valence-corrected chi connectivity index (χ2v) is 7.17. The maximum Gasteiger partial charge on any atom is 0.331 e. The van der Waals surface area contributed by atoms with Gasteiger partial charge in [-0.3, -0.25) is 0 Å². The third kappa shape index (κ3) is 10.4. The van der Waals surface area contributed by atoms with Crippen LogP contribution in [0, 0.1) is 0 Å². The lowest BCUT2D eigenvalue weighted by Gasteiger charge is -2.02. The second kappa shape index (κ2) is 12.6. The fourth-order valence-corrected chi connectivity index (χ4v) is 2.46. The zero-order valence-electron chi connectivity index (χ0n) is 17.4. The Hall–Kier alpha value is -2.75. The van der Waals surface area contributed by atoms with Crippen molar-refractivity contribution >= 4 is 12.0 Å². The van der Waals surface area contributed by atoms with E-state index in [0.717, 1.165) is 25.7 Å². The average Bonchev–Trinajstić information content (AvgIpc) is 2.62. The van der Waals surface area contributed by atoms with Gasteiger partial charge >= 0.3 is 5.97 Å².